The third-order valence-electron chi connectivity index (χ3n) is 4.00. The van der Waals surface area contributed by atoms with Gasteiger partial charge in [-0.25, -0.2) is 0 Å². The van der Waals surface area contributed by atoms with E-state index in [1.54, 1.807) is 7.11 Å². The molecule has 2 aromatic carbocycles. The van der Waals surface area contributed by atoms with Crippen molar-refractivity contribution in [3.05, 3.63) is 54.1 Å². The Morgan fingerprint density at radius 1 is 1.29 bits per heavy atom. The second-order valence-corrected chi connectivity index (χ2v) is 7.09. The van der Waals surface area contributed by atoms with Crippen molar-refractivity contribution in [1.29, 1.82) is 0 Å². The average Bonchev–Trinajstić information content (AvgIpc) is 2.62. The van der Waals surface area contributed by atoms with Gasteiger partial charge in [-0.1, -0.05) is 24.3 Å². The Hall–Kier alpha value is -2.14. The highest BCUT2D eigenvalue weighted by Gasteiger charge is 2.25. The zero-order valence-corrected chi connectivity index (χ0v) is 14.6. The number of nitrogens with one attached hydrogen (secondary N) is 1. The van der Waals surface area contributed by atoms with Gasteiger partial charge in [-0.3, -0.25) is 4.79 Å². The lowest BCUT2D eigenvalue weighted by Gasteiger charge is -2.27. The Labute approximate surface area is 146 Å². The summed E-state index contributed by atoms with van der Waals surface area (Å²) in [5, 5.41) is 2.96. The fraction of sp³-hybridized carbons (Fsp3) is 0.316. The highest BCUT2D eigenvalue weighted by atomic mass is 32.2. The number of para-hydroxylation sites is 1. The molecule has 2 unspecified atom stereocenters. The van der Waals surface area contributed by atoms with Crippen LogP contribution in [0.15, 0.2) is 53.4 Å². The standard InChI is InChI=1S/C19H21NO3S/c1-13(24-15-7-5-6-14(12-15)22-2)19(21)20-17-10-11-23-18-9-4-3-8-16(17)18/h3-9,12-13,17H,10-11H2,1-2H3,(H,20,21). The van der Waals surface area contributed by atoms with Crippen molar-refractivity contribution in [2.75, 3.05) is 13.7 Å². The van der Waals surface area contributed by atoms with Crippen LogP contribution in [0.25, 0.3) is 0 Å². The molecule has 0 saturated carbocycles. The van der Waals surface area contributed by atoms with E-state index < -0.39 is 0 Å². The van der Waals surface area contributed by atoms with Crippen molar-refractivity contribution < 1.29 is 14.3 Å². The Morgan fingerprint density at radius 2 is 2.12 bits per heavy atom. The van der Waals surface area contributed by atoms with Crippen LogP contribution in [0.3, 0.4) is 0 Å². The third-order valence-corrected chi connectivity index (χ3v) is 5.09. The second kappa shape index (κ2) is 7.62. The number of hydrogen-bond acceptors (Lipinski definition) is 4. The molecule has 5 heteroatoms. The van der Waals surface area contributed by atoms with Gasteiger partial charge in [0.25, 0.3) is 0 Å². The summed E-state index contributed by atoms with van der Waals surface area (Å²) in [5.41, 5.74) is 1.05. The molecule has 0 saturated heterocycles. The molecule has 24 heavy (non-hydrogen) atoms. The SMILES string of the molecule is COc1cccc(SC(C)C(=O)NC2CCOc3ccccc32)c1. The maximum absolute atomic E-state index is 12.6. The molecule has 2 atom stereocenters. The van der Waals surface area contributed by atoms with Crippen molar-refractivity contribution in [2.45, 2.75) is 29.5 Å². The molecule has 1 heterocycles. The third kappa shape index (κ3) is 3.85. The summed E-state index contributed by atoms with van der Waals surface area (Å²) in [5.74, 6) is 1.69. The number of methoxy groups -OCH3 is 1. The first-order chi connectivity index (χ1) is 11.7. The van der Waals surface area contributed by atoms with Gasteiger partial charge in [0.15, 0.2) is 0 Å². The zero-order chi connectivity index (χ0) is 16.9. The number of thioether (sulfide) groups is 1. The summed E-state index contributed by atoms with van der Waals surface area (Å²) in [6.45, 7) is 2.55. The maximum Gasteiger partial charge on any atom is 0.233 e. The minimum Gasteiger partial charge on any atom is -0.497 e. The van der Waals surface area contributed by atoms with Crippen LogP contribution in [0.5, 0.6) is 11.5 Å². The number of carbonyl (C=O) groups excluding carboxylic acids is 1. The lowest BCUT2D eigenvalue weighted by molar-refractivity contribution is -0.121. The van der Waals surface area contributed by atoms with E-state index in [1.807, 2.05) is 55.5 Å². The van der Waals surface area contributed by atoms with Crippen LogP contribution < -0.4 is 14.8 Å². The topological polar surface area (TPSA) is 47.6 Å². The van der Waals surface area contributed by atoms with E-state index in [9.17, 15) is 4.79 Å². The summed E-state index contributed by atoms with van der Waals surface area (Å²) < 4.78 is 10.9. The van der Waals surface area contributed by atoms with Crippen molar-refractivity contribution in [3.8, 4) is 11.5 Å². The summed E-state index contributed by atoms with van der Waals surface area (Å²) in [6, 6.07) is 15.6. The minimum absolute atomic E-state index is 0.0100. The molecule has 0 spiro atoms. The van der Waals surface area contributed by atoms with E-state index in [0.717, 1.165) is 28.4 Å². The summed E-state index contributed by atoms with van der Waals surface area (Å²) in [7, 11) is 1.64. The molecular formula is C19H21NO3S. The molecule has 4 nitrogen and oxygen atoms in total. The first kappa shape index (κ1) is 16.7. The van der Waals surface area contributed by atoms with Crippen LogP contribution >= 0.6 is 11.8 Å². The molecule has 2 aromatic rings. The Balaban J connectivity index is 1.64. The lowest BCUT2D eigenvalue weighted by atomic mass is 10.0. The number of carbonyl (C=O) groups is 1. The van der Waals surface area contributed by atoms with Crippen LogP contribution in [-0.2, 0) is 4.79 Å². The molecule has 1 aliphatic heterocycles. The van der Waals surface area contributed by atoms with Gasteiger partial charge < -0.3 is 14.8 Å². The van der Waals surface area contributed by atoms with Crippen LogP contribution in [0.1, 0.15) is 24.9 Å². The molecule has 0 bridgehead atoms. The molecular weight excluding hydrogens is 322 g/mol. The van der Waals surface area contributed by atoms with Gasteiger partial charge in [0.05, 0.1) is 25.0 Å². The first-order valence-electron chi connectivity index (χ1n) is 8.00. The quantitative estimate of drug-likeness (QED) is 0.839. The summed E-state index contributed by atoms with van der Waals surface area (Å²) >= 11 is 1.53. The summed E-state index contributed by atoms with van der Waals surface area (Å²) in [6.07, 6.45) is 0.791. The molecule has 0 aliphatic carbocycles. The van der Waals surface area contributed by atoms with E-state index >= 15 is 0 Å². The number of ether oxygens (including phenoxy) is 2. The summed E-state index contributed by atoms with van der Waals surface area (Å²) in [4.78, 5) is 13.6. The number of benzene rings is 2. The maximum atomic E-state index is 12.6. The van der Waals surface area contributed by atoms with Gasteiger partial charge in [-0.15, -0.1) is 11.8 Å². The van der Waals surface area contributed by atoms with E-state index in [2.05, 4.69) is 5.32 Å². The minimum atomic E-state index is -0.188. The van der Waals surface area contributed by atoms with Gasteiger partial charge in [0.1, 0.15) is 11.5 Å². The van der Waals surface area contributed by atoms with Gasteiger partial charge in [-0.05, 0) is 31.2 Å². The van der Waals surface area contributed by atoms with Gasteiger partial charge in [-0.2, -0.15) is 0 Å². The fourth-order valence-corrected chi connectivity index (χ4v) is 3.64. The highest BCUT2D eigenvalue weighted by molar-refractivity contribution is 8.00. The van der Waals surface area contributed by atoms with Crippen LogP contribution in [-0.4, -0.2) is 24.9 Å². The van der Waals surface area contributed by atoms with Crippen molar-refractivity contribution >= 4 is 17.7 Å². The van der Waals surface area contributed by atoms with Crippen LogP contribution in [0.2, 0.25) is 0 Å². The monoisotopic (exact) mass is 343 g/mol. The zero-order valence-electron chi connectivity index (χ0n) is 13.8. The van der Waals surface area contributed by atoms with Crippen molar-refractivity contribution in [2.24, 2.45) is 0 Å². The molecule has 3 rings (SSSR count). The average molecular weight is 343 g/mol. The van der Waals surface area contributed by atoms with Crippen molar-refractivity contribution in [1.82, 2.24) is 5.32 Å². The smallest absolute Gasteiger partial charge is 0.233 e. The fourth-order valence-electron chi connectivity index (χ4n) is 2.71. The lowest BCUT2D eigenvalue weighted by Crippen LogP contribution is -2.36. The molecule has 1 N–H and O–H groups in total. The predicted molar refractivity (Wildman–Crippen MR) is 95.8 cm³/mol. The number of fused-ring (bicyclic) bond motifs is 1. The Bertz CT molecular complexity index is 719. The first-order valence-corrected chi connectivity index (χ1v) is 8.88. The molecule has 0 aromatic heterocycles. The largest absolute Gasteiger partial charge is 0.497 e. The normalized spacial score (nSPS) is 17.3. The van der Waals surface area contributed by atoms with E-state index in [1.165, 1.54) is 11.8 Å². The number of rotatable bonds is 5. The van der Waals surface area contributed by atoms with Gasteiger partial charge >= 0.3 is 0 Å². The number of amides is 1. The molecule has 0 radical (unpaired) electrons. The Kier molecular flexibility index (Phi) is 5.30. The van der Waals surface area contributed by atoms with E-state index in [-0.39, 0.29) is 17.2 Å². The van der Waals surface area contributed by atoms with Crippen molar-refractivity contribution in [3.63, 3.8) is 0 Å². The van der Waals surface area contributed by atoms with Gasteiger partial charge in [0.2, 0.25) is 5.91 Å². The van der Waals surface area contributed by atoms with Crippen LogP contribution in [0, 0.1) is 0 Å². The van der Waals surface area contributed by atoms with Crippen LogP contribution in [0.4, 0.5) is 0 Å². The molecule has 126 valence electrons. The molecule has 1 amide bonds. The second-order valence-electron chi connectivity index (χ2n) is 5.68. The van der Waals surface area contributed by atoms with E-state index in [4.69, 9.17) is 9.47 Å². The molecule has 0 fully saturated rings. The highest BCUT2D eigenvalue weighted by Crippen LogP contribution is 2.32. The Morgan fingerprint density at radius 3 is 2.96 bits per heavy atom. The number of hydrogen-bond donors (Lipinski definition) is 1. The molecule has 1 aliphatic rings. The van der Waals surface area contributed by atoms with E-state index in [0.29, 0.717) is 6.61 Å². The predicted octanol–water partition coefficient (Wildman–Crippen LogP) is 3.82. The van der Waals surface area contributed by atoms with Gasteiger partial charge in [0, 0.05) is 16.9 Å².